The first-order chi connectivity index (χ1) is 8.35. The molecule has 0 aliphatic heterocycles. The number of likely N-dealkylation sites (N-methyl/N-ethyl adjacent to an activating group) is 1. The van der Waals surface area contributed by atoms with Crippen molar-refractivity contribution in [2.75, 3.05) is 27.0 Å². The maximum absolute atomic E-state index is 9.78. The average Bonchev–Trinajstić information content (AvgIpc) is 2.26. The molecule has 1 aromatic carbocycles. The van der Waals surface area contributed by atoms with Gasteiger partial charge in [0.25, 0.3) is 0 Å². The van der Waals surface area contributed by atoms with Gasteiger partial charge in [-0.25, -0.2) is 0 Å². The fraction of sp³-hybridized carbons (Fsp3) is 0.571. The predicted octanol–water partition coefficient (Wildman–Crippen LogP) is 2.62. The topological polar surface area (TPSA) is 32.7 Å². The lowest BCUT2D eigenvalue weighted by Crippen LogP contribution is -2.35. The van der Waals surface area contributed by atoms with E-state index < -0.39 is 5.60 Å². The van der Waals surface area contributed by atoms with Crippen molar-refractivity contribution < 1.29 is 9.84 Å². The second kappa shape index (κ2) is 6.45. The van der Waals surface area contributed by atoms with Gasteiger partial charge in [0.2, 0.25) is 0 Å². The van der Waals surface area contributed by atoms with Crippen LogP contribution in [0.2, 0.25) is 0 Å². The smallest absolute Gasteiger partial charge is 0.132 e. The maximum Gasteiger partial charge on any atom is 0.132 e. The van der Waals surface area contributed by atoms with Gasteiger partial charge in [-0.3, -0.25) is 4.90 Å². The molecule has 4 heteroatoms. The summed E-state index contributed by atoms with van der Waals surface area (Å²) in [6, 6.07) is 6.21. The molecule has 0 aromatic heterocycles. The normalized spacial score (nSPS) is 11.9. The van der Waals surface area contributed by atoms with Gasteiger partial charge in [0, 0.05) is 18.0 Å². The molecular formula is C14H23NO2S. The second-order valence-electron chi connectivity index (χ2n) is 5.17. The summed E-state index contributed by atoms with van der Waals surface area (Å²) < 4.78 is 5.30. The number of benzene rings is 1. The van der Waals surface area contributed by atoms with Crippen molar-refractivity contribution in [3.05, 3.63) is 23.8 Å². The first kappa shape index (κ1) is 15.3. The van der Waals surface area contributed by atoms with E-state index in [1.165, 1.54) is 5.56 Å². The third kappa shape index (κ3) is 4.88. The van der Waals surface area contributed by atoms with Crippen molar-refractivity contribution in [2.24, 2.45) is 0 Å². The summed E-state index contributed by atoms with van der Waals surface area (Å²) in [5.74, 6) is 0.913. The molecule has 0 fully saturated rings. The lowest BCUT2D eigenvalue weighted by atomic mass is 10.1. The fourth-order valence-electron chi connectivity index (χ4n) is 2.01. The molecule has 0 heterocycles. The number of rotatable bonds is 6. The molecule has 0 aliphatic carbocycles. The summed E-state index contributed by atoms with van der Waals surface area (Å²) in [4.78, 5) is 3.26. The highest BCUT2D eigenvalue weighted by Crippen LogP contribution is 2.28. The minimum atomic E-state index is -0.663. The molecule has 0 spiro atoms. The molecule has 3 nitrogen and oxygen atoms in total. The van der Waals surface area contributed by atoms with E-state index in [4.69, 9.17) is 4.74 Å². The van der Waals surface area contributed by atoms with Gasteiger partial charge in [-0.05, 0) is 44.8 Å². The molecule has 1 N–H and O–H groups in total. The van der Waals surface area contributed by atoms with E-state index in [1.54, 1.807) is 18.9 Å². The van der Waals surface area contributed by atoms with Crippen LogP contribution >= 0.6 is 11.8 Å². The summed E-state index contributed by atoms with van der Waals surface area (Å²) in [5.41, 5.74) is 0.565. The van der Waals surface area contributed by atoms with Crippen LogP contribution in [0.4, 0.5) is 0 Å². The molecule has 0 unspecified atom stereocenters. The number of hydrogen-bond acceptors (Lipinski definition) is 4. The lowest BCUT2D eigenvalue weighted by molar-refractivity contribution is 0.0424. The van der Waals surface area contributed by atoms with E-state index in [-0.39, 0.29) is 0 Å². The molecule has 18 heavy (non-hydrogen) atoms. The van der Waals surface area contributed by atoms with E-state index in [2.05, 4.69) is 17.0 Å². The largest absolute Gasteiger partial charge is 0.496 e. The molecule has 0 atom stereocenters. The summed E-state index contributed by atoms with van der Waals surface area (Å²) in [7, 11) is 3.70. The predicted molar refractivity (Wildman–Crippen MR) is 77.4 cm³/mol. The highest BCUT2D eigenvalue weighted by Gasteiger charge is 2.15. The minimum Gasteiger partial charge on any atom is -0.496 e. The van der Waals surface area contributed by atoms with Crippen LogP contribution < -0.4 is 4.74 Å². The fourth-order valence-corrected chi connectivity index (χ4v) is 2.63. The molecule has 102 valence electrons. The summed E-state index contributed by atoms with van der Waals surface area (Å²) in [6.45, 7) is 5.12. The van der Waals surface area contributed by atoms with E-state index >= 15 is 0 Å². The van der Waals surface area contributed by atoms with Crippen molar-refractivity contribution in [3.63, 3.8) is 0 Å². The van der Waals surface area contributed by atoms with Gasteiger partial charge in [-0.2, -0.15) is 0 Å². The Morgan fingerprint density at radius 2 is 2.06 bits per heavy atom. The van der Waals surface area contributed by atoms with Crippen LogP contribution in [0.25, 0.3) is 0 Å². The monoisotopic (exact) mass is 269 g/mol. The zero-order valence-corrected chi connectivity index (χ0v) is 12.7. The highest BCUT2D eigenvalue weighted by atomic mass is 32.2. The van der Waals surface area contributed by atoms with Crippen molar-refractivity contribution in [2.45, 2.75) is 30.9 Å². The van der Waals surface area contributed by atoms with E-state index in [0.29, 0.717) is 6.54 Å². The van der Waals surface area contributed by atoms with Gasteiger partial charge >= 0.3 is 0 Å². The maximum atomic E-state index is 9.78. The van der Waals surface area contributed by atoms with Gasteiger partial charge in [-0.1, -0.05) is 6.07 Å². The SMILES string of the molecule is COc1ccc(CN(C)CC(C)(C)O)cc1SC. The highest BCUT2D eigenvalue weighted by molar-refractivity contribution is 7.98. The van der Waals surface area contributed by atoms with Crippen molar-refractivity contribution in [1.82, 2.24) is 4.90 Å². The van der Waals surface area contributed by atoms with Gasteiger partial charge < -0.3 is 9.84 Å². The summed E-state index contributed by atoms with van der Waals surface area (Å²) >= 11 is 1.68. The molecule has 0 bridgehead atoms. The zero-order chi connectivity index (χ0) is 13.8. The Morgan fingerprint density at radius 1 is 1.39 bits per heavy atom. The Morgan fingerprint density at radius 3 is 2.56 bits per heavy atom. The quantitative estimate of drug-likeness (QED) is 0.805. The van der Waals surface area contributed by atoms with Gasteiger partial charge in [0.05, 0.1) is 12.7 Å². The van der Waals surface area contributed by atoms with Gasteiger partial charge in [-0.15, -0.1) is 11.8 Å². The first-order valence-electron chi connectivity index (χ1n) is 5.97. The molecular weight excluding hydrogens is 246 g/mol. The Labute approximate surface area is 114 Å². The Hall–Kier alpha value is -0.710. The number of aliphatic hydroxyl groups is 1. The number of thioether (sulfide) groups is 1. The molecule has 0 saturated carbocycles. The molecule has 0 radical (unpaired) electrons. The third-order valence-electron chi connectivity index (χ3n) is 2.56. The van der Waals surface area contributed by atoms with Crippen LogP contribution in [0.1, 0.15) is 19.4 Å². The van der Waals surface area contributed by atoms with Crippen LogP contribution in [0.3, 0.4) is 0 Å². The van der Waals surface area contributed by atoms with Crippen molar-refractivity contribution in [1.29, 1.82) is 0 Å². The molecule has 0 saturated heterocycles. The average molecular weight is 269 g/mol. The Kier molecular flexibility index (Phi) is 5.50. The van der Waals surface area contributed by atoms with Crippen LogP contribution in [0.15, 0.2) is 23.1 Å². The second-order valence-corrected chi connectivity index (χ2v) is 6.02. The van der Waals surface area contributed by atoms with Crippen molar-refractivity contribution in [3.8, 4) is 5.75 Å². The number of hydrogen-bond donors (Lipinski definition) is 1. The Balaban J connectivity index is 2.73. The molecule has 0 aliphatic rings. The zero-order valence-electron chi connectivity index (χ0n) is 11.9. The van der Waals surface area contributed by atoms with Crippen LogP contribution in [-0.2, 0) is 6.54 Å². The molecule has 1 aromatic rings. The van der Waals surface area contributed by atoms with E-state index in [0.717, 1.165) is 17.2 Å². The number of methoxy groups -OCH3 is 1. The first-order valence-corrected chi connectivity index (χ1v) is 7.20. The standard InChI is InChI=1S/C14H23NO2S/c1-14(2,16)10-15(3)9-11-6-7-12(17-4)13(8-11)18-5/h6-8,16H,9-10H2,1-5H3. The summed E-state index contributed by atoms with van der Waals surface area (Å²) in [5, 5.41) is 9.78. The van der Waals surface area contributed by atoms with Crippen molar-refractivity contribution >= 4 is 11.8 Å². The van der Waals surface area contributed by atoms with Crippen LogP contribution in [-0.4, -0.2) is 42.6 Å². The molecule has 1 rings (SSSR count). The van der Waals surface area contributed by atoms with Crippen LogP contribution in [0, 0.1) is 0 Å². The third-order valence-corrected chi connectivity index (χ3v) is 3.32. The van der Waals surface area contributed by atoms with Gasteiger partial charge in [0.1, 0.15) is 5.75 Å². The van der Waals surface area contributed by atoms with Gasteiger partial charge in [0.15, 0.2) is 0 Å². The molecule has 0 amide bonds. The van der Waals surface area contributed by atoms with Crippen LogP contribution in [0.5, 0.6) is 5.75 Å². The van der Waals surface area contributed by atoms with E-state index in [1.807, 2.05) is 33.2 Å². The van der Waals surface area contributed by atoms with E-state index in [9.17, 15) is 5.11 Å². The summed E-state index contributed by atoms with van der Waals surface area (Å²) in [6.07, 6.45) is 2.04. The number of nitrogens with zero attached hydrogens (tertiary/aromatic N) is 1. The Bertz CT molecular complexity index is 388. The number of ether oxygens (including phenoxy) is 1. The lowest BCUT2D eigenvalue weighted by Gasteiger charge is -2.25. The minimum absolute atomic E-state index is 0.646.